The van der Waals surface area contributed by atoms with Gasteiger partial charge in [-0.05, 0) is 25.5 Å². The summed E-state index contributed by atoms with van der Waals surface area (Å²) in [7, 11) is 3.02. The zero-order valence-corrected chi connectivity index (χ0v) is 12.0. The Morgan fingerprint density at radius 1 is 1.40 bits per heavy atom. The van der Waals surface area contributed by atoms with Crippen LogP contribution in [0, 0.1) is 5.82 Å². The summed E-state index contributed by atoms with van der Waals surface area (Å²) < 4.78 is 23.2. The maximum Gasteiger partial charge on any atom is 0.242 e. The van der Waals surface area contributed by atoms with E-state index in [4.69, 9.17) is 9.47 Å². The number of benzene rings is 1. The van der Waals surface area contributed by atoms with Crippen LogP contribution < -0.4 is 15.4 Å². The lowest BCUT2D eigenvalue weighted by Gasteiger charge is -2.15. The van der Waals surface area contributed by atoms with E-state index in [1.807, 2.05) is 0 Å². The number of carbonyl (C=O) groups excluding carboxylic acids is 1. The van der Waals surface area contributed by atoms with Crippen molar-refractivity contribution < 1.29 is 18.7 Å². The van der Waals surface area contributed by atoms with Crippen LogP contribution in [-0.2, 0) is 9.53 Å². The van der Waals surface area contributed by atoms with Crippen LogP contribution in [0.4, 0.5) is 10.1 Å². The maximum atomic E-state index is 13.5. The molecule has 1 aromatic carbocycles. The number of amides is 1. The first-order valence-corrected chi connectivity index (χ1v) is 6.45. The molecule has 0 spiro atoms. The van der Waals surface area contributed by atoms with Gasteiger partial charge in [0.2, 0.25) is 5.91 Å². The molecule has 112 valence electrons. The van der Waals surface area contributed by atoms with E-state index < -0.39 is 11.9 Å². The minimum Gasteiger partial charge on any atom is -0.494 e. The Morgan fingerprint density at radius 3 is 2.75 bits per heavy atom. The van der Waals surface area contributed by atoms with Crippen molar-refractivity contribution in [1.82, 2.24) is 5.32 Å². The number of hydrogen-bond acceptors (Lipinski definition) is 4. The van der Waals surface area contributed by atoms with E-state index in [2.05, 4.69) is 10.6 Å². The van der Waals surface area contributed by atoms with Crippen molar-refractivity contribution in [3.05, 3.63) is 24.0 Å². The van der Waals surface area contributed by atoms with Gasteiger partial charge in [0.1, 0.15) is 6.04 Å². The molecule has 0 bridgehead atoms. The van der Waals surface area contributed by atoms with Gasteiger partial charge in [0.25, 0.3) is 0 Å². The molecule has 20 heavy (non-hydrogen) atoms. The summed E-state index contributed by atoms with van der Waals surface area (Å²) in [6.45, 7) is 2.87. The van der Waals surface area contributed by atoms with Crippen molar-refractivity contribution in [2.45, 2.75) is 19.4 Å². The van der Waals surface area contributed by atoms with Gasteiger partial charge in [0.15, 0.2) is 11.6 Å². The Hall–Kier alpha value is -1.82. The third-order valence-electron chi connectivity index (χ3n) is 2.75. The molecule has 0 aromatic heterocycles. The third kappa shape index (κ3) is 5.05. The first kappa shape index (κ1) is 16.2. The van der Waals surface area contributed by atoms with E-state index in [-0.39, 0.29) is 11.7 Å². The fraction of sp³-hybridized carbons (Fsp3) is 0.500. The van der Waals surface area contributed by atoms with Gasteiger partial charge in [0, 0.05) is 32.0 Å². The third-order valence-corrected chi connectivity index (χ3v) is 2.75. The van der Waals surface area contributed by atoms with Gasteiger partial charge in [-0.3, -0.25) is 4.79 Å². The highest BCUT2D eigenvalue weighted by Gasteiger charge is 2.12. The van der Waals surface area contributed by atoms with Crippen LogP contribution in [0.1, 0.15) is 13.3 Å². The average Bonchev–Trinajstić information content (AvgIpc) is 2.43. The van der Waals surface area contributed by atoms with Gasteiger partial charge in [-0.25, -0.2) is 4.39 Å². The molecule has 1 rings (SSSR count). The fourth-order valence-corrected chi connectivity index (χ4v) is 1.65. The lowest BCUT2D eigenvalue weighted by molar-refractivity contribution is -0.121. The predicted molar refractivity (Wildman–Crippen MR) is 75.5 cm³/mol. The number of ether oxygens (including phenoxy) is 2. The summed E-state index contributed by atoms with van der Waals surface area (Å²) in [6, 6.07) is 4.02. The largest absolute Gasteiger partial charge is 0.494 e. The second kappa shape index (κ2) is 8.37. The molecular formula is C14H21FN2O3. The highest BCUT2D eigenvalue weighted by atomic mass is 19.1. The topological polar surface area (TPSA) is 59.6 Å². The summed E-state index contributed by atoms with van der Waals surface area (Å²) in [4.78, 5) is 11.8. The summed E-state index contributed by atoms with van der Waals surface area (Å²) in [5.41, 5.74) is 0.530. The first-order chi connectivity index (χ1) is 9.58. The molecule has 0 aliphatic carbocycles. The Labute approximate surface area is 118 Å². The van der Waals surface area contributed by atoms with E-state index in [0.717, 1.165) is 6.42 Å². The lowest BCUT2D eigenvalue weighted by Crippen LogP contribution is -2.38. The zero-order chi connectivity index (χ0) is 15.0. The number of carbonyl (C=O) groups is 1. The summed E-state index contributed by atoms with van der Waals surface area (Å²) in [6.07, 6.45) is 0.756. The number of methoxy groups -OCH3 is 2. The predicted octanol–water partition coefficient (Wildman–Crippen LogP) is 1.79. The molecule has 0 aliphatic heterocycles. The van der Waals surface area contributed by atoms with Gasteiger partial charge in [-0.2, -0.15) is 0 Å². The quantitative estimate of drug-likeness (QED) is 0.715. The minimum atomic E-state index is -0.467. The first-order valence-electron chi connectivity index (χ1n) is 6.45. The standard InChI is InChI=1S/C14H21FN2O3/c1-10(14(18)16-7-4-8-19-2)17-11-5-6-13(20-3)12(15)9-11/h5-6,9-10,17H,4,7-8H2,1-3H3,(H,16,18). The Kier molecular flexibility index (Phi) is 6.79. The second-order valence-corrected chi connectivity index (χ2v) is 4.35. The van der Waals surface area contributed by atoms with Crippen LogP contribution in [-0.4, -0.2) is 39.3 Å². The van der Waals surface area contributed by atoms with Crippen molar-refractivity contribution >= 4 is 11.6 Å². The van der Waals surface area contributed by atoms with Gasteiger partial charge < -0.3 is 20.1 Å². The van der Waals surface area contributed by atoms with Gasteiger partial charge >= 0.3 is 0 Å². The van der Waals surface area contributed by atoms with Crippen LogP contribution in [0.15, 0.2) is 18.2 Å². The van der Waals surface area contributed by atoms with Crippen LogP contribution in [0.25, 0.3) is 0 Å². The molecule has 5 nitrogen and oxygen atoms in total. The average molecular weight is 284 g/mol. The normalized spacial score (nSPS) is 11.8. The molecule has 0 saturated carbocycles. The molecule has 1 unspecified atom stereocenters. The van der Waals surface area contributed by atoms with Crippen LogP contribution in [0.2, 0.25) is 0 Å². The minimum absolute atomic E-state index is 0.141. The summed E-state index contributed by atoms with van der Waals surface area (Å²) >= 11 is 0. The molecule has 1 aromatic rings. The Balaban J connectivity index is 2.46. The smallest absolute Gasteiger partial charge is 0.242 e. The Morgan fingerprint density at radius 2 is 2.15 bits per heavy atom. The molecule has 1 amide bonds. The molecule has 0 fully saturated rings. The zero-order valence-electron chi connectivity index (χ0n) is 12.0. The highest BCUT2D eigenvalue weighted by Crippen LogP contribution is 2.20. The molecule has 6 heteroatoms. The van der Waals surface area contributed by atoms with Crippen LogP contribution in [0.5, 0.6) is 5.75 Å². The summed E-state index contributed by atoms with van der Waals surface area (Å²) in [5.74, 6) is -0.435. The van der Waals surface area contributed by atoms with Crippen LogP contribution in [0.3, 0.4) is 0 Å². The van der Waals surface area contributed by atoms with E-state index in [9.17, 15) is 9.18 Å². The molecule has 0 saturated heterocycles. The number of hydrogen-bond donors (Lipinski definition) is 2. The maximum absolute atomic E-state index is 13.5. The number of nitrogens with one attached hydrogen (secondary N) is 2. The molecule has 0 aliphatic rings. The van der Waals surface area contributed by atoms with E-state index in [1.54, 1.807) is 20.1 Å². The van der Waals surface area contributed by atoms with Crippen molar-refractivity contribution in [2.75, 3.05) is 32.7 Å². The molecule has 1 atom stereocenters. The molecule has 2 N–H and O–H groups in total. The van der Waals surface area contributed by atoms with Crippen LogP contribution >= 0.6 is 0 Å². The Bertz CT molecular complexity index is 440. The number of rotatable bonds is 8. The molecular weight excluding hydrogens is 263 g/mol. The summed E-state index contributed by atoms with van der Waals surface area (Å²) in [5, 5.41) is 5.71. The molecule has 0 heterocycles. The second-order valence-electron chi connectivity index (χ2n) is 4.35. The van der Waals surface area contributed by atoms with E-state index in [1.165, 1.54) is 19.2 Å². The SMILES string of the molecule is COCCCNC(=O)C(C)Nc1ccc(OC)c(F)c1. The number of halogens is 1. The highest BCUT2D eigenvalue weighted by molar-refractivity contribution is 5.84. The lowest BCUT2D eigenvalue weighted by atomic mass is 10.2. The molecule has 0 radical (unpaired) electrons. The van der Waals surface area contributed by atoms with Crippen molar-refractivity contribution in [2.24, 2.45) is 0 Å². The van der Waals surface area contributed by atoms with Gasteiger partial charge in [0.05, 0.1) is 7.11 Å². The van der Waals surface area contributed by atoms with Crippen molar-refractivity contribution in [3.8, 4) is 5.75 Å². The monoisotopic (exact) mass is 284 g/mol. The van der Waals surface area contributed by atoms with Crippen molar-refractivity contribution in [1.29, 1.82) is 0 Å². The fourth-order valence-electron chi connectivity index (χ4n) is 1.65. The van der Waals surface area contributed by atoms with Crippen molar-refractivity contribution in [3.63, 3.8) is 0 Å². The van der Waals surface area contributed by atoms with Gasteiger partial charge in [-0.1, -0.05) is 0 Å². The number of anilines is 1. The van der Waals surface area contributed by atoms with Gasteiger partial charge in [-0.15, -0.1) is 0 Å². The van der Waals surface area contributed by atoms with E-state index in [0.29, 0.717) is 18.8 Å². The van der Waals surface area contributed by atoms with E-state index >= 15 is 0 Å².